The van der Waals surface area contributed by atoms with Crippen LogP contribution in [0.2, 0.25) is 0 Å². The van der Waals surface area contributed by atoms with E-state index in [-0.39, 0.29) is 11.6 Å². The van der Waals surface area contributed by atoms with Crippen LogP contribution in [-0.4, -0.2) is 23.3 Å². The molecule has 0 aliphatic heterocycles. The molecule has 0 aromatic heterocycles. The van der Waals surface area contributed by atoms with Gasteiger partial charge in [-0.25, -0.2) is 11.4 Å². The predicted octanol–water partition coefficient (Wildman–Crippen LogP) is 2.74. The van der Waals surface area contributed by atoms with Crippen molar-refractivity contribution < 1.29 is 9.53 Å². The fourth-order valence-corrected chi connectivity index (χ4v) is 1.84. The molecule has 1 unspecified atom stereocenters. The molecule has 0 radical (unpaired) electrons. The summed E-state index contributed by atoms with van der Waals surface area (Å²) in [7, 11) is 0. The summed E-state index contributed by atoms with van der Waals surface area (Å²) in [5.41, 5.74) is -0.847. The van der Waals surface area contributed by atoms with Gasteiger partial charge in [0.1, 0.15) is 11.1 Å². The number of ether oxygens (including phenoxy) is 1. The lowest BCUT2D eigenvalue weighted by Crippen LogP contribution is -2.59. The van der Waals surface area contributed by atoms with Crippen LogP contribution in [-0.2, 0) is 4.74 Å². The van der Waals surface area contributed by atoms with Crippen molar-refractivity contribution in [2.75, 3.05) is 0 Å². The molecule has 1 aliphatic carbocycles. The summed E-state index contributed by atoms with van der Waals surface area (Å²) < 4.78 is 5.21. The van der Waals surface area contributed by atoms with Crippen LogP contribution in [0.5, 0.6) is 0 Å². The molecule has 4 nitrogen and oxygen atoms in total. The zero-order chi connectivity index (χ0) is 12.4. The van der Waals surface area contributed by atoms with E-state index >= 15 is 0 Å². The van der Waals surface area contributed by atoms with Crippen LogP contribution in [0.15, 0.2) is 0 Å². The van der Waals surface area contributed by atoms with Gasteiger partial charge in [0.25, 0.3) is 0 Å². The minimum absolute atomic E-state index is 0.186. The number of nitrogens with zero attached hydrogens (tertiary/aromatic N) is 1. The minimum atomic E-state index is -0.490. The molecule has 1 atom stereocenters. The minimum Gasteiger partial charge on any atom is -0.444 e. The third-order valence-electron chi connectivity index (χ3n) is 2.99. The molecule has 1 aliphatic rings. The lowest BCUT2D eigenvalue weighted by molar-refractivity contribution is 0.0369. The summed E-state index contributed by atoms with van der Waals surface area (Å²) in [4.78, 5) is 15.2. The van der Waals surface area contributed by atoms with E-state index in [9.17, 15) is 4.79 Å². The first kappa shape index (κ1) is 12.8. The van der Waals surface area contributed by atoms with E-state index in [1.54, 1.807) is 0 Å². The van der Waals surface area contributed by atoms with Gasteiger partial charge in [-0.1, -0.05) is 0 Å². The van der Waals surface area contributed by atoms with Crippen LogP contribution in [0.25, 0.3) is 4.85 Å². The van der Waals surface area contributed by atoms with Crippen LogP contribution in [0.4, 0.5) is 4.79 Å². The normalized spacial score (nSPS) is 20.2. The Bertz CT molecular complexity index is 308. The Hall–Kier alpha value is -1.24. The molecule has 0 aromatic carbocycles. The molecule has 16 heavy (non-hydrogen) atoms. The topological polar surface area (TPSA) is 42.7 Å². The highest BCUT2D eigenvalue weighted by atomic mass is 16.6. The molecule has 1 rings (SSSR count). The summed E-state index contributed by atoms with van der Waals surface area (Å²) in [6.07, 6.45) is 2.39. The van der Waals surface area contributed by atoms with Gasteiger partial charge < -0.3 is 14.9 Å². The molecule has 1 amide bonds. The number of nitrogens with one attached hydrogen (secondary N) is 1. The smallest absolute Gasteiger partial charge is 0.408 e. The van der Waals surface area contributed by atoms with Crippen LogP contribution in [0.1, 0.15) is 47.0 Å². The lowest BCUT2D eigenvalue weighted by atomic mass is 9.72. The Balaban J connectivity index is 2.58. The Kier molecular flexibility index (Phi) is 3.47. The van der Waals surface area contributed by atoms with E-state index in [4.69, 9.17) is 11.3 Å². The van der Waals surface area contributed by atoms with Crippen LogP contribution < -0.4 is 5.32 Å². The second kappa shape index (κ2) is 4.32. The van der Waals surface area contributed by atoms with E-state index in [0.29, 0.717) is 0 Å². The number of alkyl carbamates (subject to hydrolysis) is 1. The second-order valence-electron chi connectivity index (χ2n) is 5.44. The Morgan fingerprint density at radius 1 is 1.50 bits per heavy atom. The molecule has 4 heteroatoms. The molecule has 1 fully saturated rings. The van der Waals surface area contributed by atoms with E-state index in [1.165, 1.54) is 0 Å². The van der Waals surface area contributed by atoms with Crippen molar-refractivity contribution >= 4 is 6.09 Å². The largest absolute Gasteiger partial charge is 0.444 e. The van der Waals surface area contributed by atoms with Crippen molar-refractivity contribution in [3.05, 3.63) is 11.4 Å². The monoisotopic (exact) mass is 224 g/mol. The van der Waals surface area contributed by atoms with Crippen LogP contribution in [0.3, 0.4) is 0 Å². The SMILES string of the molecule is [C-]#[N+]C(C)C1(NC(=O)OC(C)(C)C)CCC1. The molecular weight excluding hydrogens is 204 g/mol. The summed E-state index contributed by atoms with van der Waals surface area (Å²) >= 11 is 0. The molecule has 1 N–H and O–H groups in total. The third-order valence-corrected chi connectivity index (χ3v) is 2.99. The molecular formula is C12H20N2O2. The van der Waals surface area contributed by atoms with Crippen molar-refractivity contribution in [3.63, 3.8) is 0 Å². The maximum Gasteiger partial charge on any atom is 0.408 e. The standard InChI is InChI=1S/C12H20N2O2/c1-9(13-5)12(7-6-8-12)14-10(15)16-11(2,3)4/h9H,6-8H2,1-4H3,(H,14,15). The maximum atomic E-state index is 11.7. The van der Waals surface area contributed by atoms with E-state index < -0.39 is 11.7 Å². The molecule has 0 heterocycles. The zero-order valence-corrected chi connectivity index (χ0v) is 10.5. The molecule has 0 spiro atoms. The number of amides is 1. The number of carbonyl (C=O) groups excluding carboxylic acids is 1. The summed E-state index contributed by atoms with van der Waals surface area (Å²) in [5, 5.41) is 2.86. The molecule has 1 saturated carbocycles. The first-order valence-electron chi connectivity index (χ1n) is 5.67. The highest BCUT2D eigenvalue weighted by Crippen LogP contribution is 2.36. The first-order valence-corrected chi connectivity index (χ1v) is 5.67. The number of hydrogen-bond donors (Lipinski definition) is 1. The van der Waals surface area contributed by atoms with Crippen molar-refractivity contribution in [2.45, 2.75) is 64.1 Å². The van der Waals surface area contributed by atoms with Crippen LogP contribution >= 0.6 is 0 Å². The maximum absolute atomic E-state index is 11.7. The van der Waals surface area contributed by atoms with Crippen molar-refractivity contribution in [3.8, 4) is 0 Å². The van der Waals surface area contributed by atoms with Gasteiger partial charge in [-0.2, -0.15) is 0 Å². The van der Waals surface area contributed by atoms with Gasteiger partial charge in [-0.15, -0.1) is 0 Å². The van der Waals surface area contributed by atoms with E-state index in [0.717, 1.165) is 19.3 Å². The van der Waals surface area contributed by atoms with E-state index in [2.05, 4.69) is 10.2 Å². The lowest BCUT2D eigenvalue weighted by Gasteiger charge is -2.41. The van der Waals surface area contributed by atoms with Gasteiger partial charge in [0, 0.05) is 6.92 Å². The van der Waals surface area contributed by atoms with Gasteiger partial charge in [0.2, 0.25) is 6.04 Å². The van der Waals surface area contributed by atoms with Crippen LogP contribution in [0, 0.1) is 6.57 Å². The quantitative estimate of drug-likeness (QED) is 0.733. The van der Waals surface area contributed by atoms with Gasteiger partial charge >= 0.3 is 6.09 Å². The van der Waals surface area contributed by atoms with Gasteiger partial charge in [0.15, 0.2) is 0 Å². The highest BCUT2D eigenvalue weighted by molar-refractivity contribution is 5.69. The fraction of sp³-hybridized carbons (Fsp3) is 0.833. The number of rotatable bonds is 2. The Morgan fingerprint density at radius 2 is 2.06 bits per heavy atom. The van der Waals surface area contributed by atoms with E-state index in [1.807, 2.05) is 27.7 Å². The van der Waals surface area contributed by atoms with Crippen molar-refractivity contribution in [1.29, 1.82) is 0 Å². The second-order valence-corrected chi connectivity index (χ2v) is 5.44. The molecule has 0 bridgehead atoms. The van der Waals surface area contributed by atoms with Gasteiger partial charge in [-0.05, 0) is 40.0 Å². The van der Waals surface area contributed by atoms with Gasteiger partial charge in [-0.3, -0.25) is 0 Å². The average molecular weight is 224 g/mol. The molecule has 0 saturated heterocycles. The Morgan fingerprint density at radius 3 is 2.38 bits per heavy atom. The first-order chi connectivity index (χ1) is 7.29. The summed E-state index contributed by atoms with van der Waals surface area (Å²) in [6.45, 7) is 14.4. The fourth-order valence-electron chi connectivity index (χ4n) is 1.84. The average Bonchev–Trinajstić information content (AvgIpc) is 2.07. The molecule has 90 valence electrons. The zero-order valence-electron chi connectivity index (χ0n) is 10.5. The number of carbonyl (C=O) groups is 1. The predicted molar refractivity (Wildman–Crippen MR) is 62.0 cm³/mol. The van der Waals surface area contributed by atoms with Crippen molar-refractivity contribution in [2.24, 2.45) is 0 Å². The number of hydrogen-bond acceptors (Lipinski definition) is 2. The Labute approximate surface area is 97.2 Å². The molecule has 0 aromatic rings. The highest BCUT2D eigenvalue weighted by Gasteiger charge is 2.48. The van der Waals surface area contributed by atoms with Crippen molar-refractivity contribution in [1.82, 2.24) is 5.32 Å². The summed E-state index contributed by atoms with van der Waals surface area (Å²) in [6, 6.07) is -0.186. The third kappa shape index (κ3) is 2.88. The van der Waals surface area contributed by atoms with Gasteiger partial charge in [0.05, 0.1) is 0 Å². The summed E-state index contributed by atoms with van der Waals surface area (Å²) in [5.74, 6) is 0.